The first-order chi connectivity index (χ1) is 7.75. The Morgan fingerprint density at radius 2 is 2.25 bits per heavy atom. The minimum Gasteiger partial charge on any atom is -0.295 e. The molecular formula is C11H15N5. The van der Waals surface area contributed by atoms with Crippen LogP contribution in [0, 0.1) is 0 Å². The molecule has 0 radical (unpaired) electrons. The lowest BCUT2D eigenvalue weighted by atomic mass is 10.3. The molecule has 0 fully saturated rings. The Morgan fingerprint density at radius 1 is 1.38 bits per heavy atom. The van der Waals surface area contributed by atoms with Gasteiger partial charge in [0, 0.05) is 26.0 Å². The molecule has 0 saturated carbocycles. The van der Waals surface area contributed by atoms with Crippen LogP contribution in [-0.2, 0) is 20.1 Å². The zero-order valence-corrected chi connectivity index (χ0v) is 9.54. The van der Waals surface area contributed by atoms with Crippen LogP contribution in [0.1, 0.15) is 11.4 Å². The van der Waals surface area contributed by atoms with E-state index in [4.69, 9.17) is 0 Å². The fraction of sp³-hybridized carbons (Fsp3) is 0.364. The average molecular weight is 217 g/mol. The molecule has 2 rings (SSSR count). The summed E-state index contributed by atoms with van der Waals surface area (Å²) in [6.45, 7) is 1.64. The highest BCUT2D eigenvalue weighted by molar-refractivity contribution is 5.08. The van der Waals surface area contributed by atoms with E-state index in [1.54, 1.807) is 17.2 Å². The van der Waals surface area contributed by atoms with Crippen molar-refractivity contribution in [3.8, 4) is 0 Å². The minimum atomic E-state index is 0.783. The fourth-order valence-electron chi connectivity index (χ4n) is 1.56. The van der Waals surface area contributed by atoms with Crippen molar-refractivity contribution in [2.24, 2.45) is 7.05 Å². The van der Waals surface area contributed by atoms with Crippen LogP contribution in [0.3, 0.4) is 0 Å². The number of hydrogen-bond donors (Lipinski definition) is 0. The first kappa shape index (κ1) is 10.8. The van der Waals surface area contributed by atoms with Crippen LogP contribution in [0.5, 0.6) is 0 Å². The Labute approximate surface area is 94.8 Å². The summed E-state index contributed by atoms with van der Waals surface area (Å²) in [7, 11) is 3.96. The molecule has 84 valence electrons. The van der Waals surface area contributed by atoms with Gasteiger partial charge in [-0.3, -0.25) is 14.6 Å². The molecule has 5 heteroatoms. The maximum absolute atomic E-state index is 4.19. The summed E-state index contributed by atoms with van der Waals surface area (Å²) in [4.78, 5) is 10.5. The van der Waals surface area contributed by atoms with E-state index in [1.807, 2.05) is 19.3 Å². The van der Waals surface area contributed by atoms with Crippen molar-refractivity contribution in [3.05, 3.63) is 42.2 Å². The Balaban J connectivity index is 1.95. The van der Waals surface area contributed by atoms with Crippen LogP contribution in [0.4, 0.5) is 0 Å². The van der Waals surface area contributed by atoms with Gasteiger partial charge in [0.25, 0.3) is 0 Å². The lowest BCUT2D eigenvalue weighted by Crippen LogP contribution is -2.19. The SMILES string of the molecule is CN(Cc1cccnc1)Cc1ncnn1C. The Morgan fingerprint density at radius 3 is 2.88 bits per heavy atom. The number of rotatable bonds is 4. The molecule has 2 aromatic heterocycles. The monoisotopic (exact) mass is 217 g/mol. The van der Waals surface area contributed by atoms with E-state index in [9.17, 15) is 0 Å². The highest BCUT2D eigenvalue weighted by atomic mass is 15.3. The third-order valence-electron chi connectivity index (χ3n) is 2.39. The van der Waals surface area contributed by atoms with Gasteiger partial charge in [-0.1, -0.05) is 6.07 Å². The van der Waals surface area contributed by atoms with E-state index in [-0.39, 0.29) is 0 Å². The molecule has 0 spiro atoms. The zero-order valence-electron chi connectivity index (χ0n) is 9.54. The number of aromatic nitrogens is 4. The minimum absolute atomic E-state index is 0.783. The molecule has 0 saturated heterocycles. The lowest BCUT2D eigenvalue weighted by molar-refractivity contribution is 0.305. The Hall–Kier alpha value is -1.75. The number of hydrogen-bond acceptors (Lipinski definition) is 4. The fourth-order valence-corrected chi connectivity index (χ4v) is 1.56. The Bertz CT molecular complexity index is 437. The predicted molar refractivity (Wildman–Crippen MR) is 60.4 cm³/mol. The normalized spacial score (nSPS) is 10.9. The van der Waals surface area contributed by atoms with Gasteiger partial charge in [-0.25, -0.2) is 4.98 Å². The van der Waals surface area contributed by atoms with E-state index < -0.39 is 0 Å². The van der Waals surface area contributed by atoms with Gasteiger partial charge in [-0.05, 0) is 18.7 Å². The molecular weight excluding hydrogens is 202 g/mol. The lowest BCUT2D eigenvalue weighted by Gasteiger charge is -2.15. The summed E-state index contributed by atoms with van der Waals surface area (Å²) in [6.07, 6.45) is 5.24. The van der Waals surface area contributed by atoms with Crippen molar-refractivity contribution in [3.63, 3.8) is 0 Å². The van der Waals surface area contributed by atoms with Crippen molar-refractivity contribution in [2.45, 2.75) is 13.1 Å². The molecule has 0 aliphatic heterocycles. The van der Waals surface area contributed by atoms with Gasteiger partial charge in [0.05, 0.1) is 6.54 Å². The van der Waals surface area contributed by atoms with Gasteiger partial charge in [0.2, 0.25) is 0 Å². The molecule has 16 heavy (non-hydrogen) atoms. The molecule has 0 atom stereocenters. The number of pyridine rings is 1. The van der Waals surface area contributed by atoms with Gasteiger partial charge in [0.15, 0.2) is 0 Å². The number of nitrogens with zero attached hydrogens (tertiary/aromatic N) is 5. The molecule has 0 unspecified atom stereocenters. The summed E-state index contributed by atoms with van der Waals surface area (Å²) < 4.78 is 1.79. The summed E-state index contributed by atoms with van der Waals surface area (Å²) in [5, 5.41) is 4.04. The van der Waals surface area contributed by atoms with Gasteiger partial charge >= 0.3 is 0 Å². The topological polar surface area (TPSA) is 46.8 Å². The van der Waals surface area contributed by atoms with Gasteiger partial charge < -0.3 is 0 Å². The number of aryl methyl sites for hydroxylation is 1. The van der Waals surface area contributed by atoms with E-state index in [0.717, 1.165) is 18.9 Å². The largest absolute Gasteiger partial charge is 0.295 e. The molecule has 2 heterocycles. The van der Waals surface area contributed by atoms with E-state index in [1.165, 1.54) is 5.56 Å². The van der Waals surface area contributed by atoms with Crippen LogP contribution >= 0.6 is 0 Å². The molecule has 0 amide bonds. The van der Waals surface area contributed by atoms with Crippen LogP contribution < -0.4 is 0 Å². The zero-order chi connectivity index (χ0) is 11.4. The molecule has 0 aromatic carbocycles. The highest BCUT2D eigenvalue weighted by Crippen LogP contribution is 2.04. The second kappa shape index (κ2) is 4.85. The van der Waals surface area contributed by atoms with Crippen molar-refractivity contribution in [1.29, 1.82) is 0 Å². The van der Waals surface area contributed by atoms with Crippen LogP contribution in [0.15, 0.2) is 30.9 Å². The second-order valence-electron chi connectivity index (χ2n) is 3.83. The van der Waals surface area contributed by atoms with Crippen LogP contribution in [0.2, 0.25) is 0 Å². The average Bonchev–Trinajstić information content (AvgIpc) is 2.66. The molecule has 0 bridgehead atoms. The van der Waals surface area contributed by atoms with Gasteiger partial charge in [-0.2, -0.15) is 5.10 Å². The third-order valence-corrected chi connectivity index (χ3v) is 2.39. The summed E-state index contributed by atoms with van der Waals surface area (Å²) in [5.74, 6) is 0.964. The molecule has 0 aliphatic carbocycles. The van der Waals surface area contributed by atoms with E-state index in [2.05, 4.69) is 33.1 Å². The summed E-state index contributed by atoms with van der Waals surface area (Å²) in [6, 6.07) is 4.02. The van der Waals surface area contributed by atoms with Crippen molar-refractivity contribution in [1.82, 2.24) is 24.6 Å². The Kier molecular flexibility index (Phi) is 3.26. The molecule has 5 nitrogen and oxygen atoms in total. The van der Waals surface area contributed by atoms with Crippen molar-refractivity contribution >= 4 is 0 Å². The third kappa shape index (κ3) is 2.64. The molecule has 0 N–H and O–H groups in total. The molecule has 0 aliphatic rings. The predicted octanol–water partition coefficient (Wildman–Crippen LogP) is 0.842. The second-order valence-corrected chi connectivity index (χ2v) is 3.83. The first-order valence-electron chi connectivity index (χ1n) is 5.16. The van der Waals surface area contributed by atoms with Gasteiger partial charge in [-0.15, -0.1) is 0 Å². The quantitative estimate of drug-likeness (QED) is 0.761. The van der Waals surface area contributed by atoms with Crippen molar-refractivity contribution in [2.75, 3.05) is 7.05 Å². The summed E-state index contributed by atoms with van der Waals surface area (Å²) >= 11 is 0. The first-order valence-corrected chi connectivity index (χ1v) is 5.16. The van der Waals surface area contributed by atoms with Gasteiger partial charge in [0.1, 0.15) is 12.2 Å². The van der Waals surface area contributed by atoms with E-state index in [0.29, 0.717) is 0 Å². The maximum atomic E-state index is 4.19. The van der Waals surface area contributed by atoms with E-state index >= 15 is 0 Å². The smallest absolute Gasteiger partial charge is 0.140 e. The van der Waals surface area contributed by atoms with Crippen LogP contribution in [0.25, 0.3) is 0 Å². The summed E-state index contributed by atoms with van der Waals surface area (Å²) in [5.41, 5.74) is 1.20. The van der Waals surface area contributed by atoms with Crippen molar-refractivity contribution < 1.29 is 0 Å². The standard InChI is InChI=1S/C11H15N5/c1-15(7-10-4-3-5-12-6-10)8-11-13-9-14-16(11)2/h3-6,9H,7-8H2,1-2H3. The van der Waals surface area contributed by atoms with Crippen LogP contribution in [-0.4, -0.2) is 31.7 Å². The molecule has 2 aromatic rings. The highest BCUT2D eigenvalue weighted by Gasteiger charge is 2.05. The maximum Gasteiger partial charge on any atom is 0.140 e.